The van der Waals surface area contributed by atoms with E-state index in [0.717, 1.165) is 12.0 Å². The van der Waals surface area contributed by atoms with Gasteiger partial charge < -0.3 is 9.84 Å². The van der Waals surface area contributed by atoms with Gasteiger partial charge in [0.2, 0.25) is 0 Å². The van der Waals surface area contributed by atoms with Crippen molar-refractivity contribution in [3.05, 3.63) is 29.8 Å². The molecule has 1 aliphatic rings. The molecule has 0 aliphatic heterocycles. The molecule has 17 heavy (non-hydrogen) atoms. The molecule has 2 unspecified atom stereocenters. The molecule has 0 heterocycles. The zero-order chi connectivity index (χ0) is 12.5. The summed E-state index contributed by atoms with van der Waals surface area (Å²) in [6, 6.07) is 7.35. The molecule has 3 nitrogen and oxygen atoms in total. The molecule has 2 rings (SSSR count). The predicted octanol–water partition coefficient (Wildman–Crippen LogP) is 2.27. The summed E-state index contributed by atoms with van der Waals surface area (Å²) < 4.78 is 5.16. The minimum atomic E-state index is -1.04. The van der Waals surface area contributed by atoms with E-state index in [9.17, 15) is 9.90 Å². The Kier molecular flexibility index (Phi) is 3.20. The Bertz CT molecular complexity index is 427. The molecular formula is C14H18O3. The van der Waals surface area contributed by atoms with Crippen LogP contribution in [0, 0.1) is 5.92 Å². The van der Waals surface area contributed by atoms with E-state index in [4.69, 9.17) is 4.74 Å². The van der Waals surface area contributed by atoms with Crippen LogP contribution in [0.4, 0.5) is 0 Å². The molecule has 3 heteroatoms. The Labute approximate surface area is 101 Å². The van der Waals surface area contributed by atoms with E-state index in [1.165, 1.54) is 0 Å². The molecule has 1 fully saturated rings. The van der Waals surface area contributed by atoms with Gasteiger partial charge in [-0.25, -0.2) is 0 Å². The fourth-order valence-electron chi connectivity index (χ4n) is 2.46. The van der Waals surface area contributed by atoms with E-state index in [0.29, 0.717) is 12.2 Å². The summed E-state index contributed by atoms with van der Waals surface area (Å²) in [5, 5.41) is 10.7. The largest absolute Gasteiger partial charge is 0.497 e. The molecule has 1 N–H and O–H groups in total. The minimum Gasteiger partial charge on any atom is -0.497 e. The topological polar surface area (TPSA) is 46.5 Å². The Morgan fingerprint density at radius 2 is 2.24 bits per heavy atom. The van der Waals surface area contributed by atoms with Crippen LogP contribution in [0.1, 0.15) is 31.7 Å². The number of carbonyl (C=O) groups excluding carboxylic acids is 1. The third-order valence-corrected chi connectivity index (χ3v) is 3.71. The van der Waals surface area contributed by atoms with Gasteiger partial charge in [-0.2, -0.15) is 0 Å². The van der Waals surface area contributed by atoms with Crippen LogP contribution in [0.2, 0.25) is 0 Å². The van der Waals surface area contributed by atoms with Gasteiger partial charge in [-0.1, -0.05) is 19.1 Å². The number of carbonyl (C=O) groups is 1. The number of ketones is 1. The summed E-state index contributed by atoms with van der Waals surface area (Å²) in [5.74, 6) is 0.932. The monoisotopic (exact) mass is 234 g/mol. The lowest BCUT2D eigenvalue weighted by Crippen LogP contribution is -2.39. The highest BCUT2D eigenvalue weighted by Gasteiger charge is 2.41. The van der Waals surface area contributed by atoms with E-state index in [-0.39, 0.29) is 18.1 Å². The Balaban J connectivity index is 2.37. The van der Waals surface area contributed by atoms with Gasteiger partial charge in [0.15, 0.2) is 0 Å². The second kappa shape index (κ2) is 4.49. The molecular weight excluding hydrogens is 216 g/mol. The summed E-state index contributed by atoms with van der Waals surface area (Å²) in [5.41, 5.74) is -0.262. The Morgan fingerprint density at radius 3 is 2.94 bits per heavy atom. The molecule has 1 aliphatic carbocycles. The SMILES string of the molecule is COc1cccc(C2(O)CC(=O)CCC2C)c1. The lowest BCUT2D eigenvalue weighted by molar-refractivity contribution is -0.133. The van der Waals surface area contributed by atoms with Gasteiger partial charge in [-0.15, -0.1) is 0 Å². The number of rotatable bonds is 2. The van der Waals surface area contributed by atoms with Crippen LogP contribution in [-0.2, 0) is 10.4 Å². The first kappa shape index (κ1) is 12.1. The highest BCUT2D eigenvalue weighted by atomic mass is 16.5. The fraction of sp³-hybridized carbons (Fsp3) is 0.500. The van der Waals surface area contributed by atoms with Crippen molar-refractivity contribution >= 4 is 5.78 Å². The van der Waals surface area contributed by atoms with E-state index in [1.807, 2.05) is 31.2 Å². The van der Waals surface area contributed by atoms with Crippen molar-refractivity contribution in [1.29, 1.82) is 0 Å². The number of ether oxygens (including phenoxy) is 1. The molecule has 1 aromatic rings. The molecule has 0 bridgehead atoms. The molecule has 0 spiro atoms. The van der Waals surface area contributed by atoms with Crippen molar-refractivity contribution in [3.63, 3.8) is 0 Å². The van der Waals surface area contributed by atoms with Gasteiger partial charge in [0.05, 0.1) is 12.7 Å². The highest BCUT2D eigenvalue weighted by Crippen LogP contribution is 2.40. The standard InChI is InChI=1S/C14H18O3/c1-10-6-7-12(15)9-14(10,16)11-4-3-5-13(8-11)17-2/h3-5,8,10,16H,6-7,9H2,1-2H3. The van der Waals surface area contributed by atoms with Crippen molar-refractivity contribution in [1.82, 2.24) is 0 Å². The maximum absolute atomic E-state index is 11.6. The van der Waals surface area contributed by atoms with Crippen LogP contribution in [-0.4, -0.2) is 18.0 Å². The zero-order valence-corrected chi connectivity index (χ0v) is 10.3. The summed E-state index contributed by atoms with van der Waals surface area (Å²) in [6.45, 7) is 1.99. The number of benzene rings is 1. The molecule has 92 valence electrons. The third-order valence-electron chi connectivity index (χ3n) is 3.71. The number of hydrogen-bond acceptors (Lipinski definition) is 3. The normalized spacial score (nSPS) is 29.1. The average molecular weight is 234 g/mol. The van der Waals surface area contributed by atoms with Gasteiger partial charge >= 0.3 is 0 Å². The van der Waals surface area contributed by atoms with Gasteiger partial charge in [-0.05, 0) is 30.0 Å². The van der Waals surface area contributed by atoms with Gasteiger partial charge in [0, 0.05) is 12.8 Å². The number of Topliss-reactive ketones (excluding diaryl/α,β-unsaturated/α-hetero) is 1. The number of hydrogen-bond donors (Lipinski definition) is 1. The Morgan fingerprint density at radius 1 is 1.47 bits per heavy atom. The lowest BCUT2D eigenvalue weighted by Gasteiger charge is -2.37. The maximum atomic E-state index is 11.6. The van der Waals surface area contributed by atoms with Crippen LogP contribution in [0.15, 0.2) is 24.3 Å². The smallest absolute Gasteiger partial charge is 0.136 e. The Hall–Kier alpha value is -1.35. The van der Waals surface area contributed by atoms with Gasteiger partial charge in [0.1, 0.15) is 11.5 Å². The molecule has 1 aromatic carbocycles. The third kappa shape index (κ3) is 2.20. The molecule has 0 saturated heterocycles. The second-order valence-corrected chi connectivity index (χ2v) is 4.81. The summed E-state index contributed by atoms with van der Waals surface area (Å²) >= 11 is 0. The van der Waals surface area contributed by atoms with Crippen LogP contribution in [0.3, 0.4) is 0 Å². The van der Waals surface area contributed by atoms with E-state index >= 15 is 0 Å². The van der Waals surface area contributed by atoms with Crippen molar-refractivity contribution < 1.29 is 14.6 Å². The summed E-state index contributed by atoms with van der Waals surface area (Å²) in [4.78, 5) is 11.6. The maximum Gasteiger partial charge on any atom is 0.136 e. The minimum absolute atomic E-state index is 0.0901. The van der Waals surface area contributed by atoms with E-state index in [1.54, 1.807) is 7.11 Å². The van der Waals surface area contributed by atoms with Crippen LogP contribution in [0.5, 0.6) is 5.75 Å². The predicted molar refractivity (Wildman–Crippen MR) is 64.9 cm³/mol. The van der Waals surface area contributed by atoms with E-state index in [2.05, 4.69) is 0 Å². The first-order valence-corrected chi connectivity index (χ1v) is 5.95. The van der Waals surface area contributed by atoms with Crippen molar-refractivity contribution in [2.75, 3.05) is 7.11 Å². The zero-order valence-electron chi connectivity index (χ0n) is 10.3. The molecule has 0 amide bonds. The van der Waals surface area contributed by atoms with Crippen molar-refractivity contribution in [3.8, 4) is 5.75 Å². The molecule has 2 atom stereocenters. The van der Waals surface area contributed by atoms with Crippen LogP contribution < -0.4 is 4.74 Å². The first-order chi connectivity index (χ1) is 8.06. The summed E-state index contributed by atoms with van der Waals surface area (Å²) in [6.07, 6.45) is 1.53. The van der Waals surface area contributed by atoms with Crippen LogP contribution >= 0.6 is 0 Å². The van der Waals surface area contributed by atoms with Gasteiger partial charge in [0.25, 0.3) is 0 Å². The van der Waals surface area contributed by atoms with E-state index < -0.39 is 5.60 Å². The quantitative estimate of drug-likeness (QED) is 0.853. The van der Waals surface area contributed by atoms with Crippen molar-refractivity contribution in [2.24, 2.45) is 5.92 Å². The highest BCUT2D eigenvalue weighted by molar-refractivity contribution is 5.80. The fourth-order valence-corrected chi connectivity index (χ4v) is 2.46. The molecule has 0 radical (unpaired) electrons. The first-order valence-electron chi connectivity index (χ1n) is 5.95. The second-order valence-electron chi connectivity index (χ2n) is 4.81. The number of aliphatic hydroxyl groups is 1. The van der Waals surface area contributed by atoms with Crippen LogP contribution in [0.25, 0.3) is 0 Å². The van der Waals surface area contributed by atoms with Crippen molar-refractivity contribution in [2.45, 2.75) is 31.8 Å². The van der Waals surface area contributed by atoms with Gasteiger partial charge in [-0.3, -0.25) is 4.79 Å². The number of methoxy groups -OCH3 is 1. The molecule has 0 aromatic heterocycles. The average Bonchev–Trinajstić information content (AvgIpc) is 2.34. The molecule has 1 saturated carbocycles. The summed E-state index contributed by atoms with van der Waals surface area (Å²) in [7, 11) is 1.60. The lowest BCUT2D eigenvalue weighted by atomic mass is 9.72.